The van der Waals surface area contributed by atoms with Crippen LogP contribution in [0.3, 0.4) is 0 Å². The fourth-order valence-electron chi connectivity index (χ4n) is 2.60. The molecular formula is C17H24N2O. The Bertz CT molecular complexity index is 569. The zero-order valence-electron chi connectivity index (χ0n) is 12.8. The summed E-state index contributed by atoms with van der Waals surface area (Å²) in [5.41, 5.74) is 5.83. The summed E-state index contributed by atoms with van der Waals surface area (Å²) in [7, 11) is 1.96. The number of aliphatic hydroxyl groups excluding tert-OH is 1. The third-order valence-corrected chi connectivity index (χ3v) is 4.10. The Labute approximate surface area is 121 Å². The van der Waals surface area contributed by atoms with Crippen molar-refractivity contribution < 1.29 is 5.11 Å². The third kappa shape index (κ3) is 3.10. The molecule has 1 atom stereocenters. The van der Waals surface area contributed by atoms with Crippen LogP contribution < -0.4 is 0 Å². The SMILES string of the molecule is CCc1ccc(C(O)CCc2c(C)nn(C)c2C)cc1. The van der Waals surface area contributed by atoms with Crippen molar-refractivity contribution in [2.75, 3.05) is 0 Å². The maximum atomic E-state index is 10.3. The predicted octanol–water partition coefficient (Wildman–Crippen LogP) is 3.27. The lowest BCUT2D eigenvalue weighted by molar-refractivity contribution is 0.167. The van der Waals surface area contributed by atoms with Crippen LogP contribution in [0.5, 0.6) is 0 Å². The van der Waals surface area contributed by atoms with Gasteiger partial charge >= 0.3 is 0 Å². The van der Waals surface area contributed by atoms with Crippen molar-refractivity contribution in [2.24, 2.45) is 7.05 Å². The average Bonchev–Trinajstić information content (AvgIpc) is 2.70. The van der Waals surface area contributed by atoms with Gasteiger partial charge in [0.05, 0.1) is 11.8 Å². The minimum atomic E-state index is -0.403. The predicted molar refractivity (Wildman–Crippen MR) is 81.8 cm³/mol. The molecule has 0 aliphatic heterocycles. The Hall–Kier alpha value is -1.61. The molecule has 0 aliphatic carbocycles. The zero-order chi connectivity index (χ0) is 14.7. The van der Waals surface area contributed by atoms with E-state index >= 15 is 0 Å². The summed E-state index contributed by atoms with van der Waals surface area (Å²) in [6.07, 6.45) is 2.23. The second-order valence-corrected chi connectivity index (χ2v) is 5.42. The molecule has 0 aliphatic rings. The first-order chi connectivity index (χ1) is 9.52. The van der Waals surface area contributed by atoms with Crippen molar-refractivity contribution in [1.29, 1.82) is 0 Å². The maximum Gasteiger partial charge on any atom is 0.0793 e. The van der Waals surface area contributed by atoms with E-state index in [2.05, 4.69) is 31.1 Å². The van der Waals surface area contributed by atoms with E-state index in [-0.39, 0.29) is 0 Å². The van der Waals surface area contributed by atoms with Gasteiger partial charge in [0.25, 0.3) is 0 Å². The number of hydrogen-bond donors (Lipinski definition) is 1. The highest BCUT2D eigenvalue weighted by Crippen LogP contribution is 2.22. The number of hydrogen-bond acceptors (Lipinski definition) is 2. The topological polar surface area (TPSA) is 38.1 Å². The van der Waals surface area contributed by atoms with Gasteiger partial charge in [-0.1, -0.05) is 31.2 Å². The number of aliphatic hydroxyl groups is 1. The van der Waals surface area contributed by atoms with Crippen LogP contribution in [-0.4, -0.2) is 14.9 Å². The van der Waals surface area contributed by atoms with E-state index in [9.17, 15) is 5.11 Å². The summed E-state index contributed by atoms with van der Waals surface area (Å²) >= 11 is 0. The van der Waals surface area contributed by atoms with Crippen LogP contribution in [0.2, 0.25) is 0 Å². The van der Waals surface area contributed by atoms with E-state index in [1.807, 2.05) is 30.8 Å². The van der Waals surface area contributed by atoms with E-state index < -0.39 is 6.10 Å². The van der Waals surface area contributed by atoms with Crippen molar-refractivity contribution in [3.05, 3.63) is 52.3 Å². The van der Waals surface area contributed by atoms with Crippen molar-refractivity contribution in [1.82, 2.24) is 9.78 Å². The molecule has 1 aromatic heterocycles. The second-order valence-electron chi connectivity index (χ2n) is 5.42. The van der Waals surface area contributed by atoms with Crippen LogP contribution in [0.4, 0.5) is 0 Å². The number of aromatic nitrogens is 2. The molecule has 1 heterocycles. The van der Waals surface area contributed by atoms with Gasteiger partial charge < -0.3 is 5.11 Å². The highest BCUT2D eigenvalue weighted by atomic mass is 16.3. The normalized spacial score (nSPS) is 12.7. The number of rotatable bonds is 5. The van der Waals surface area contributed by atoms with E-state index in [1.54, 1.807) is 0 Å². The minimum Gasteiger partial charge on any atom is -0.388 e. The Balaban J connectivity index is 2.02. The molecule has 0 bridgehead atoms. The molecular weight excluding hydrogens is 248 g/mol. The Morgan fingerprint density at radius 1 is 1.20 bits per heavy atom. The van der Waals surface area contributed by atoms with Crippen molar-refractivity contribution in [2.45, 2.75) is 46.1 Å². The van der Waals surface area contributed by atoms with Crippen LogP contribution in [0, 0.1) is 13.8 Å². The molecule has 3 heteroatoms. The molecule has 3 nitrogen and oxygen atoms in total. The lowest BCUT2D eigenvalue weighted by Crippen LogP contribution is -2.01. The smallest absolute Gasteiger partial charge is 0.0793 e. The molecule has 20 heavy (non-hydrogen) atoms. The molecule has 0 spiro atoms. The number of nitrogens with zero attached hydrogens (tertiary/aromatic N) is 2. The highest BCUT2D eigenvalue weighted by Gasteiger charge is 2.13. The molecule has 108 valence electrons. The van der Waals surface area contributed by atoms with Gasteiger partial charge in [-0.3, -0.25) is 4.68 Å². The van der Waals surface area contributed by atoms with Crippen LogP contribution >= 0.6 is 0 Å². The molecule has 0 radical (unpaired) electrons. The van der Waals surface area contributed by atoms with Gasteiger partial charge in [-0.25, -0.2) is 0 Å². The third-order valence-electron chi connectivity index (χ3n) is 4.10. The fourth-order valence-corrected chi connectivity index (χ4v) is 2.60. The lowest BCUT2D eigenvalue weighted by atomic mass is 9.99. The summed E-state index contributed by atoms with van der Waals surface area (Å²) in [6.45, 7) is 6.25. The Kier molecular flexibility index (Phi) is 4.61. The standard InChI is InChI=1S/C17H24N2O/c1-5-14-6-8-15(9-7-14)17(20)11-10-16-12(2)18-19(4)13(16)3/h6-9,17,20H,5,10-11H2,1-4H3. The van der Waals surface area contributed by atoms with Crippen molar-refractivity contribution in [3.8, 4) is 0 Å². The molecule has 1 unspecified atom stereocenters. The quantitative estimate of drug-likeness (QED) is 0.907. The molecule has 0 saturated heterocycles. The van der Waals surface area contributed by atoms with Crippen LogP contribution in [0.25, 0.3) is 0 Å². The highest BCUT2D eigenvalue weighted by molar-refractivity contribution is 5.26. The summed E-state index contributed by atoms with van der Waals surface area (Å²) < 4.78 is 1.91. The first-order valence-electron chi connectivity index (χ1n) is 7.29. The summed E-state index contributed by atoms with van der Waals surface area (Å²) in [5, 5.41) is 14.7. The fraction of sp³-hybridized carbons (Fsp3) is 0.471. The van der Waals surface area contributed by atoms with Gasteiger partial charge in [0.2, 0.25) is 0 Å². The summed E-state index contributed by atoms with van der Waals surface area (Å²) in [5.74, 6) is 0. The first kappa shape index (κ1) is 14.8. The van der Waals surface area contributed by atoms with E-state index in [0.717, 1.165) is 30.5 Å². The molecule has 2 aromatic rings. The Morgan fingerprint density at radius 3 is 2.35 bits per heavy atom. The van der Waals surface area contributed by atoms with E-state index in [4.69, 9.17) is 0 Å². The van der Waals surface area contributed by atoms with Crippen LogP contribution in [0.1, 0.15) is 47.5 Å². The molecule has 0 amide bonds. The van der Waals surface area contributed by atoms with Crippen LogP contribution in [-0.2, 0) is 19.9 Å². The van der Waals surface area contributed by atoms with Crippen molar-refractivity contribution >= 4 is 0 Å². The average molecular weight is 272 g/mol. The van der Waals surface area contributed by atoms with E-state index in [0.29, 0.717) is 0 Å². The molecule has 0 saturated carbocycles. The monoisotopic (exact) mass is 272 g/mol. The van der Waals surface area contributed by atoms with E-state index in [1.165, 1.54) is 16.8 Å². The van der Waals surface area contributed by atoms with Gasteiger partial charge in [-0.15, -0.1) is 0 Å². The van der Waals surface area contributed by atoms with Gasteiger partial charge in [0.15, 0.2) is 0 Å². The van der Waals surface area contributed by atoms with Gasteiger partial charge in [-0.05, 0) is 49.8 Å². The van der Waals surface area contributed by atoms with Crippen molar-refractivity contribution in [3.63, 3.8) is 0 Å². The summed E-state index contributed by atoms with van der Waals surface area (Å²) in [6, 6.07) is 8.26. The zero-order valence-corrected chi connectivity index (χ0v) is 12.8. The number of benzene rings is 1. The summed E-state index contributed by atoms with van der Waals surface area (Å²) in [4.78, 5) is 0. The van der Waals surface area contributed by atoms with Crippen LogP contribution in [0.15, 0.2) is 24.3 Å². The second kappa shape index (κ2) is 6.23. The van der Waals surface area contributed by atoms with Gasteiger partial charge in [-0.2, -0.15) is 5.10 Å². The first-order valence-corrected chi connectivity index (χ1v) is 7.29. The maximum absolute atomic E-state index is 10.3. The molecule has 1 N–H and O–H groups in total. The minimum absolute atomic E-state index is 0.403. The number of aryl methyl sites for hydroxylation is 3. The molecule has 1 aromatic carbocycles. The van der Waals surface area contributed by atoms with Gasteiger partial charge in [0, 0.05) is 12.7 Å². The molecule has 2 rings (SSSR count). The Morgan fingerprint density at radius 2 is 1.85 bits per heavy atom. The molecule has 0 fully saturated rings. The lowest BCUT2D eigenvalue weighted by Gasteiger charge is -2.12. The largest absolute Gasteiger partial charge is 0.388 e. The van der Waals surface area contributed by atoms with Gasteiger partial charge in [0.1, 0.15) is 0 Å².